The molecule has 1 aliphatic rings. The molecule has 154 valence electrons. The number of carbonyl (C=O) groups excluding carboxylic acids is 2. The van der Waals surface area contributed by atoms with Gasteiger partial charge in [-0.3, -0.25) is 4.79 Å². The molecule has 0 radical (unpaired) electrons. The van der Waals surface area contributed by atoms with E-state index in [1.54, 1.807) is 55.6 Å². The standard InChI is InChI=1S/C23H27NO5/c1-16-5-4-6-17(2)24(16)22(25)15-28-20-9-7-18(8-10-20)23(26)29-21-13-11-19(27-3)12-14-21/h7-14,16-17H,4-6,15H2,1-3H3. The maximum Gasteiger partial charge on any atom is 0.343 e. The molecule has 1 fully saturated rings. The number of hydrogen-bond donors (Lipinski definition) is 0. The van der Waals surface area contributed by atoms with Crippen molar-refractivity contribution in [2.75, 3.05) is 13.7 Å². The van der Waals surface area contributed by atoms with Gasteiger partial charge < -0.3 is 19.1 Å². The van der Waals surface area contributed by atoms with Crippen LogP contribution >= 0.6 is 0 Å². The van der Waals surface area contributed by atoms with Gasteiger partial charge in [-0.1, -0.05) is 0 Å². The Hall–Kier alpha value is -3.02. The summed E-state index contributed by atoms with van der Waals surface area (Å²) in [5.41, 5.74) is 0.401. The lowest BCUT2D eigenvalue weighted by Crippen LogP contribution is -2.49. The fourth-order valence-electron chi connectivity index (χ4n) is 3.63. The molecule has 2 aromatic carbocycles. The van der Waals surface area contributed by atoms with Gasteiger partial charge in [0.1, 0.15) is 17.2 Å². The second-order valence-corrected chi connectivity index (χ2v) is 7.31. The van der Waals surface area contributed by atoms with Crippen molar-refractivity contribution in [2.24, 2.45) is 0 Å². The van der Waals surface area contributed by atoms with Crippen LogP contribution in [0.15, 0.2) is 48.5 Å². The molecule has 2 aromatic rings. The Bertz CT molecular complexity index is 821. The highest BCUT2D eigenvalue weighted by atomic mass is 16.5. The summed E-state index contributed by atoms with van der Waals surface area (Å²) in [6.45, 7) is 4.15. The first-order valence-corrected chi connectivity index (χ1v) is 9.88. The minimum Gasteiger partial charge on any atom is -0.497 e. The SMILES string of the molecule is COc1ccc(OC(=O)c2ccc(OCC(=O)N3C(C)CCCC3C)cc2)cc1. The molecule has 2 unspecified atom stereocenters. The summed E-state index contributed by atoms with van der Waals surface area (Å²) in [5, 5.41) is 0. The summed E-state index contributed by atoms with van der Waals surface area (Å²) in [6, 6.07) is 13.8. The quantitative estimate of drug-likeness (QED) is 0.543. The first kappa shape index (κ1) is 20.7. The number of ether oxygens (including phenoxy) is 3. The summed E-state index contributed by atoms with van der Waals surface area (Å²) in [4.78, 5) is 26.7. The fourth-order valence-corrected chi connectivity index (χ4v) is 3.63. The molecule has 6 nitrogen and oxygen atoms in total. The van der Waals surface area contributed by atoms with E-state index in [1.807, 2.05) is 4.90 Å². The average Bonchev–Trinajstić information content (AvgIpc) is 2.73. The van der Waals surface area contributed by atoms with E-state index < -0.39 is 5.97 Å². The third kappa shape index (κ3) is 5.28. The molecule has 0 bridgehead atoms. The molecule has 0 spiro atoms. The van der Waals surface area contributed by atoms with Gasteiger partial charge in [0, 0.05) is 12.1 Å². The Labute approximate surface area is 171 Å². The highest BCUT2D eigenvalue weighted by Gasteiger charge is 2.28. The molecule has 0 N–H and O–H groups in total. The summed E-state index contributed by atoms with van der Waals surface area (Å²) >= 11 is 0. The molecule has 1 amide bonds. The van der Waals surface area contributed by atoms with Gasteiger partial charge in [0.05, 0.1) is 12.7 Å². The zero-order chi connectivity index (χ0) is 20.8. The lowest BCUT2D eigenvalue weighted by molar-refractivity contribution is -0.139. The predicted molar refractivity (Wildman–Crippen MR) is 110 cm³/mol. The molecular weight excluding hydrogens is 370 g/mol. The average molecular weight is 397 g/mol. The third-order valence-corrected chi connectivity index (χ3v) is 5.20. The zero-order valence-electron chi connectivity index (χ0n) is 17.1. The maximum absolute atomic E-state index is 12.5. The van der Waals surface area contributed by atoms with Crippen LogP contribution in [0.5, 0.6) is 17.2 Å². The third-order valence-electron chi connectivity index (χ3n) is 5.20. The smallest absolute Gasteiger partial charge is 0.343 e. The highest BCUT2D eigenvalue weighted by molar-refractivity contribution is 5.91. The van der Waals surface area contributed by atoms with Crippen LogP contribution in [-0.4, -0.2) is 42.6 Å². The summed E-state index contributed by atoms with van der Waals surface area (Å²) in [6.07, 6.45) is 3.21. The largest absolute Gasteiger partial charge is 0.497 e. The molecule has 1 heterocycles. The number of piperidine rings is 1. The van der Waals surface area contributed by atoms with E-state index in [0.29, 0.717) is 22.8 Å². The van der Waals surface area contributed by atoms with Crippen molar-refractivity contribution < 1.29 is 23.8 Å². The van der Waals surface area contributed by atoms with Gasteiger partial charge in [-0.15, -0.1) is 0 Å². The van der Waals surface area contributed by atoms with Crippen molar-refractivity contribution in [1.82, 2.24) is 4.90 Å². The Morgan fingerprint density at radius 3 is 2.03 bits per heavy atom. The van der Waals surface area contributed by atoms with Crippen molar-refractivity contribution in [3.63, 3.8) is 0 Å². The minimum absolute atomic E-state index is 0.00677. The molecule has 29 heavy (non-hydrogen) atoms. The topological polar surface area (TPSA) is 65.1 Å². The number of benzene rings is 2. The van der Waals surface area contributed by atoms with E-state index >= 15 is 0 Å². The molecule has 1 aliphatic heterocycles. The first-order chi connectivity index (χ1) is 14.0. The van der Waals surface area contributed by atoms with Gasteiger partial charge in [0.15, 0.2) is 6.61 Å². The van der Waals surface area contributed by atoms with Gasteiger partial charge in [0.2, 0.25) is 0 Å². The summed E-state index contributed by atoms with van der Waals surface area (Å²) in [5.74, 6) is 1.19. The van der Waals surface area contributed by atoms with E-state index in [2.05, 4.69) is 13.8 Å². The van der Waals surface area contributed by atoms with Gasteiger partial charge >= 0.3 is 5.97 Å². The Morgan fingerprint density at radius 1 is 0.897 bits per heavy atom. The number of amides is 1. The van der Waals surface area contributed by atoms with Crippen LogP contribution in [0.2, 0.25) is 0 Å². The van der Waals surface area contributed by atoms with E-state index in [-0.39, 0.29) is 24.6 Å². The molecule has 6 heteroatoms. The predicted octanol–water partition coefficient (Wildman–Crippen LogP) is 4.08. The fraction of sp³-hybridized carbons (Fsp3) is 0.391. The molecule has 2 atom stereocenters. The molecule has 1 saturated heterocycles. The minimum atomic E-state index is -0.464. The molecule has 0 aromatic heterocycles. The van der Waals surface area contributed by atoms with Crippen LogP contribution in [-0.2, 0) is 4.79 Å². The van der Waals surface area contributed by atoms with Crippen molar-refractivity contribution in [2.45, 2.75) is 45.2 Å². The number of carbonyl (C=O) groups is 2. The number of likely N-dealkylation sites (tertiary alicyclic amines) is 1. The lowest BCUT2D eigenvalue weighted by Gasteiger charge is -2.38. The first-order valence-electron chi connectivity index (χ1n) is 9.88. The molecular formula is C23H27NO5. The Kier molecular flexibility index (Phi) is 6.75. The van der Waals surface area contributed by atoms with Crippen LogP contribution in [0.3, 0.4) is 0 Å². The zero-order valence-corrected chi connectivity index (χ0v) is 17.1. The molecule has 0 saturated carbocycles. The van der Waals surface area contributed by atoms with Crippen LogP contribution in [0, 0.1) is 0 Å². The van der Waals surface area contributed by atoms with Crippen LogP contribution < -0.4 is 14.2 Å². The van der Waals surface area contributed by atoms with Crippen molar-refractivity contribution in [1.29, 1.82) is 0 Å². The van der Waals surface area contributed by atoms with Crippen molar-refractivity contribution in [3.05, 3.63) is 54.1 Å². The Balaban J connectivity index is 1.54. The van der Waals surface area contributed by atoms with E-state index in [1.165, 1.54) is 0 Å². The van der Waals surface area contributed by atoms with Crippen molar-refractivity contribution in [3.8, 4) is 17.2 Å². The number of hydrogen-bond acceptors (Lipinski definition) is 5. The molecule has 0 aliphatic carbocycles. The highest BCUT2D eigenvalue weighted by Crippen LogP contribution is 2.23. The van der Waals surface area contributed by atoms with Crippen LogP contribution in [0.1, 0.15) is 43.5 Å². The maximum atomic E-state index is 12.5. The van der Waals surface area contributed by atoms with Gasteiger partial charge in [-0.25, -0.2) is 4.79 Å². The monoisotopic (exact) mass is 397 g/mol. The summed E-state index contributed by atoms with van der Waals surface area (Å²) < 4.78 is 16.1. The van der Waals surface area contributed by atoms with Gasteiger partial charge in [0.25, 0.3) is 5.91 Å². The number of esters is 1. The van der Waals surface area contributed by atoms with E-state index in [4.69, 9.17) is 14.2 Å². The van der Waals surface area contributed by atoms with E-state index in [9.17, 15) is 9.59 Å². The number of rotatable bonds is 6. The second kappa shape index (κ2) is 9.45. The van der Waals surface area contributed by atoms with Crippen LogP contribution in [0.4, 0.5) is 0 Å². The molecule has 3 rings (SSSR count). The number of methoxy groups -OCH3 is 1. The number of nitrogens with zero attached hydrogens (tertiary/aromatic N) is 1. The van der Waals surface area contributed by atoms with Gasteiger partial charge in [-0.2, -0.15) is 0 Å². The van der Waals surface area contributed by atoms with Crippen molar-refractivity contribution >= 4 is 11.9 Å². The van der Waals surface area contributed by atoms with Crippen LogP contribution in [0.25, 0.3) is 0 Å². The second-order valence-electron chi connectivity index (χ2n) is 7.31. The Morgan fingerprint density at radius 2 is 1.45 bits per heavy atom. The van der Waals surface area contributed by atoms with E-state index in [0.717, 1.165) is 19.3 Å². The van der Waals surface area contributed by atoms with Gasteiger partial charge in [-0.05, 0) is 81.6 Å². The lowest BCUT2D eigenvalue weighted by atomic mass is 9.97. The normalized spacial score (nSPS) is 18.8. The summed E-state index contributed by atoms with van der Waals surface area (Å²) in [7, 11) is 1.58.